The zero-order valence-corrected chi connectivity index (χ0v) is 18.8. The molecule has 3 heterocycles. The van der Waals surface area contributed by atoms with E-state index in [1.807, 2.05) is 18.2 Å². The third kappa shape index (κ3) is 4.93. The minimum absolute atomic E-state index is 0.0153. The summed E-state index contributed by atoms with van der Waals surface area (Å²) < 4.78 is 30.8. The van der Waals surface area contributed by atoms with Crippen LogP contribution < -0.4 is 0 Å². The molecular formula is C23H24F2N6OS. The molecule has 1 aliphatic heterocycles. The van der Waals surface area contributed by atoms with Gasteiger partial charge >= 0.3 is 0 Å². The van der Waals surface area contributed by atoms with Crippen molar-refractivity contribution in [1.82, 2.24) is 29.5 Å². The van der Waals surface area contributed by atoms with Crippen molar-refractivity contribution in [1.29, 1.82) is 0 Å². The van der Waals surface area contributed by atoms with Crippen molar-refractivity contribution >= 4 is 21.6 Å². The van der Waals surface area contributed by atoms with Gasteiger partial charge in [0, 0.05) is 44.4 Å². The topological polar surface area (TPSA) is 70.3 Å². The van der Waals surface area contributed by atoms with Crippen molar-refractivity contribution in [3.05, 3.63) is 77.3 Å². The Labute approximate surface area is 193 Å². The van der Waals surface area contributed by atoms with Crippen LogP contribution in [0.15, 0.2) is 55.1 Å². The number of para-hydroxylation sites is 1. The van der Waals surface area contributed by atoms with Crippen molar-refractivity contribution in [3.63, 3.8) is 0 Å². The molecule has 7 nitrogen and oxygen atoms in total. The van der Waals surface area contributed by atoms with Crippen LogP contribution in [0.4, 0.5) is 8.78 Å². The van der Waals surface area contributed by atoms with Crippen molar-refractivity contribution in [2.75, 3.05) is 32.7 Å². The minimum atomic E-state index is -1.58. The minimum Gasteiger partial charge on any atom is -0.382 e. The number of nitrogens with zero attached hydrogens (tertiary/aromatic N) is 6. The van der Waals surface area contributed by atoms with E-state index in [9.17, 15) is 13.9 Å². The molecule has 0 bridgehead atoms. The number of rotatable bonds is 7. The van der Waals surface area contributed by atoms with Crippen LogP contribution in [0, 0.1) is 11.6 Å². The lowest BCUT2D eigenvalue weighted by molar-refractivity contribution is -0.0324. The molecule has 172 valence electrons. The summed E-state index contributed by atoms with van der Waals surface area (Å²) in [6.07, 6.45) is 2.84. The van der Waals surface area contributed by atoms with Crippen LogP contribution in [0.2, 0.25) is 0 Å². The van der Waals surface area contributed by atoms with Gasteiger partial charge in [0.1, 0.15) is 34.9 Å². The number of piperazine rings is 1. The normalized spacial score (nSPS) is 17.4. The van der Waals surface area contributed by atoms with Gasteiger partial charge in [-0.2, -0.15) is 5.10 Å². The Bertz CT molecular complexity index is 1190. The summed E-state index contributed by atoms with van der Waals surface area (Å²) in [5.74, 6) is -1.45. The molecule has 4 aromatic rings. The molecule has 5 rings (SSSR count). The van der Waals surface area contributed by atoms with E-state index in [-0.39, 0.29) is 18.7 Å². The van der Waals surface area contributed by atoms with Crippen LogP contribution in [0.25, 0.3) is 10.2 Å². The Morgan fingerprint density at radius 2 is 1.79 bits per heavy atom. The van der Waals surface area contributed by atoms with Crippen molar-refractivity contribution < 1.29 is 13.9 Å². The van der Waals surface area contributed by atoms with Crippen LogP contribution in [0.3, 0.4) is 0 Å². The first-order valence-corrected chi connectivity index (χ1v) is 11.6. The van der Waals surface area contributed by atoms with Gasteiger partial charge in [0.25, 0.3) is 0 Å². The third-order valence-corrected chi connectivity index (χ3v) is 6.99. The molecular weight excluding hydrogens is 446 g/mol. The number of hydrogen-bond acceptors (Lipinski definition) is 7. The molecule has 1 saturated heterocycles. The number of aromatic nitrogens is 4. The monoisotopic (exact) mass is 470 g/mol. The highest BCUT2D eigenvalue weighted by atomic mass is 32.1. The molecule has 1 N–H and O–H groups in total. The number of thiazole rings is 1. The number of fused-ring (bicyclic) bond motifs is 1. The Balaban J connectivity index is 1.27. The molecule has 2 aromatic heterocycles. The molecule has 2 aromatic carbocycles. The van der Waals surface area contributed by atoms with Crippen molar-refractivity contribution in [3.8, 4) is 0 Å². The number of β-amino-alcohol motifs (C(OH)–C–C–N with tert-alkyl or cyclic N) is 1. The van der Waals surface area contributed by atoms with Gasteiger partial charge in [0.15, 0.2) is 0 Å². The van der Waals surface area contributed by atoms with Gasteiger partial charge in [-0.3, -0.25) is 9.80 Å². The summed E-state index contributed by atoms with van der Waals surface area (Å²) in [5.41, 5.74) is -0.507. The van der Waals surface area contributed by atoms with E-state index >= 15 is 0 Å². The fourth-order valence-corrected chi connectivity index (χ4v) is 5.33. The van der Waals surface area contributed by atoms with E-state index < -0.39 is 17.2 Å². The Morgan fingerprint density at radius 1 is 1.00 bits per heavy atom. The molecule has 10 heteroatoms. The predicted molar refractivity (Wildman–Crippen MR) is 122 cm³/mol. The Kier molecular flexibility index (Phi) is 6.15. The van der Waals surface area contributed by atoms with E-state index in [1.165, 1.54) is 34.2 Å². The van der Waals surface area contributed by atoms with Gasteiger partial charge in [-0.1, -0.05) is 18.2 Å². The lowest BCUT2D eigenvalue weighted by atomic mass is 9.92. The molecule has 0 spiro atoms. The first kappa shape index (κ1) is 22.0. The van der Waals surface area contributed by atoms with E-state index in [2.05, 4.69) is 25.9 Å². The van der Waals surface area contributed by atoms with E-state index in [4.69, 9.17) is 4.98 Å². The van der Waals surface area contributed by atoms with Gasteiger partial charge in [-0.25, -0.2) is 23.4 Å². The molecule has 1 aliphatic rings. The van der Waals surface area contributed by atoms with Gasteiger partial charge in [0.05, 0.1) is 23.3 Å². The molecule has 0 unspecified atom stereocenters. The average Bonchev–Trinajstić information content (AvgIpc) is 3.44. The number of aliphatic hydroxyl groups is 1. The zero-order valence-electron chi connectivity index (χ0n) is 17.9. The maximum atomic E-state index is 14.6. The van der Waals surface area contributed by atoms with Gasteiger partial charge < -0.3 is 5.11 Å². The number of halogens is 2. The number of hydrogen-bond donors (Lipinski definition) is 1. The molecule has 0 amide bonds. The van der Waals surface area contributed by atoms with Gasteiger partial charge in [-0.05, 0) is 18.2 Å². The summed E-state index contributed by atoms with van der Waals surface area (Å²) in [6, 6.07) is 11.4. The molecule has 1 fully saturated rings. The summed E-state index contributed by atoms with van der Waals surface area (Å²) in [6.45, 7) is 4.04. The van der Waals surface area contributed by atoms with Crippen LogP contribution in [-0.4, -0.2) is 67.4 Å². The zero-order chi connectivity index (χ0) is 22.8. The highest BCUT2D eigenvalue weighted by molar-refractivity contribution is 7.18. The van der Waals surface area contributed by atoms with Crippen LogP contribution >= 0.6 is 11.3 Å². The highest BCUT2D eigenvalue weighted by Crippen LogP contribution is 2.29. The van der Waals surface area contributed by atoms with Crippen molar-refractivity contribution in [2.45, 2.75) is 18.7 Å². The summed E-state index contributed by atoms with van der Waals surface area (Å²) in [4.78, 5) is 13.1. The summed E-state index contributed by atoms with van der Waals surface area (Å²) >= 11 is 1.71. The fraction of sp³-hybridized carbons (Fsp3) is 0.348. The highest BCUT2D eigenvalue weighted by Gasteiger charge is 2.36. The maximum Gasteiger partial charge on any atom is 0.137 e. The first-order chi connectivity index (χ1) is 16.0. The van der Waals surface area contributed by atoms with Gasteiger partial charge in [-0.15, -0.1) is 11.3 Å². The smallest absolute Gasteiger partial charge is 0.137 e. The van der Waals surface area contributed by atoms with Crippen LogP contribution in [0.1, 0.15) is 10.6 Å². The van der Waals surface area contributed by atoms with E-state index in [0.29, 0.717) is 13.1 Å². The second-order valence-corrected chi connectivity index (χ2v) is 9.49. The second-order valence-electron chi connectivity index (χ2n) is 8.38. The van der Waals surface area contributed by atoms with Gasteiger partial charge in [0.2, 0.25) is 0 Å². The van der Waals surface area contributed by atoms with E-state index in [1.54, 1.807) is 11.3 Å². The summed E-state index contributed by atoms with van der Waals surface area (Å²) in [5, 5.41) is 16.7. The quantitative estimate of drug-likeness (QED) is 0.448. The lowest BCUT2D eigenvalue weighted by Crippen LogP contribution is -2.52. The standard InChI is InChI=1S/C23H24F2N6OS/c24-17-5-6-18(19(25)11-17)23(32,14-31-16-26-15-27-31)13-30-9-7-29(8-10-30)12-22-28-20-3-1-2-4-21(20)33-22/h1-6,11,15-16,32H,7-10,12-14H2/t23-/m1/s1. The van der Waals surface area contributed by atoms with Crippen LogP contribution in [0.5, 0.6) is 0 Å². The number of benzene rings is 2. The molecule has 0 radical (unpaired) electrons. The summed E-state index contributed by atoms with van der Waals surface area (Å²) in [7, 11) is 0. The van der Waals surface area contributed by atoms with Crippen LogP contribution in [-0.2, 0) is 18.7 Å². The molecule has 0 aliphatic carbocycles. The predicted octanol–water partition coefficient (Wildman–Crippen LogP) is 2.87. The first-order valence-electron chi connectivity index (χ1n) is 10.8. The lowest BCUT2D eigenvalue weighted by Gasteiger charge is -2.39. The van der Waals surface area contributed by atoms with Crippen molar-refractivity contribution in [2.24, 2.45) is 0 Å². The Hall–Kier alpha value is -2.79. The molecule has 0 saturated carbocycles. The third-order valence-electron chi connectivity index (χ3n) is 5.97. The maximum absolute atomic E-state index is 14.6. The SMILES string of the molecule is O[C@](CN1CCN(Cc2nc3ccccc3s2)CC1)(Cn1cncn1)c1ccc(F)cc1F. The largest absolute Gasteiger partial charge is 0.382 e. The molecule has 33 heavy (non-hydrogen) atoms. The Morgan fingerprint density at radius 3 is 2.52 bits per heavy atom. The average molecular weight is 471 g/mol. The van der Waals surface area contributed by atoms with E-state index in [0.717, 1.165) is 36.2 Å². The fourth-order valence-electron chi connectivity index (χ4n) is 4.32. The molecule has 1 atom stereocenters. The second kappa shape index (κ2) is 9.22.